The van der Waals surface area contributed by atoms with Gasteiger partial charge in [0.2, 0.25) is 0 Å². The number of terminal acetylenes is 1. The van der Waals surface area contributed by atoms with E-state index in [9.17, 15) is 13.9 Å². The van der Waals surface area contributed by atoms with E-state index in [0.29, 0.717) is 47.7 Å². The molecule has 1 N–H and O–H groups in total. The van der Waals surface area contributed by atoms with Gasteiger partial charge in [-0.2, -0.15) is 9.97 Å². The molecule has 0 radical (unpaired) electrons. The van der Waals surface area contributed by atoms with E-state index in [2.05, 4.69) is 25.7 Å². The van der Waals surface area contributed by atoms with Crippen molar-refractivity contribution in [3.63, 3.8) is 0 Å². The minimum atomic E-state index is -0.640. The number of phenols is 1. The highest BCUT2D eigenvalue weighted by atomic mass is 19.1. The molecule has 0 bridgehead atoms. The maximum Gasteiger partial charge on any atom is 0.318 e. The molecule has 8 rings (SSSR count). The number of hydrogen-bond donors (Lipinski definition) is 1. The largest absolute Gasteiger partial charge is 0.508 e. The summed E-state index contributed by atoms with van der Waals surface area (Å²) in [5, 5.41) is 11.7. The molecule has 1 saturated carbocycles. The first kappa shape index (κ1) is 27.7. The Morgan fingerprint density at radius 1 is 1.09 bits per heavy atom. The maximum absolute atomic E-state index is 16.1. The van der Waals surface area contributed by atoms with Crippen LogP contribution in [0.2, 0.25) is 0 Å². The number of anilines is 1. The van der Waals surface area contributed by atoms with Gasteiger partial charge in [-0.3, -0.25) is 4.90 Å². The van der Waals surface area contributed by atoms with E-state index in [-0.39, 0.29) is 46.1 Å². The van der Waals surface area contributed by atoms with Gasteiger partial charge in [-0.15, -0.1) is 6.42 Å². The molecule has 0 amide bonds. The van der Waals surface area contributed by atoms with Crippen molar-refractivity contribution in [2.75, 3.05) is 38.3 Å². The van der Waals surface area contributed by atoms with Crippen molar-refractivity contribution < 1.29 is 27.8 Å². The average Bonchev–Trinajstić information content (AvgIpc) is 3.55. The predicted octanol–water partition coefficient (Wildman–Crippen LogP) is 5.59. The number of alkyl halides is 1. The number of nitrogens with zero attached hydrogens (tertiary/aromatic N) is 4. The Kier molecular flexibility index (Phi) is 7.02. The van der Waals surface area contributed by atoms with Gasteiger partial charge in [-0.25, -0.2) is 13.2 Å². The van der Waals surface area contributed by atoms with Gasteiger partial charge in [-0.1, -0.05) is 18.1 Å². The van der Waals surface area contributed by atoms with Crippen LogP contribution in [0.15, 0.2) is 36.4 Å². The number of aromatic nitrogens is 2. The SMILES string of the molecule is C#Cc1c(F)ccc2cc(O)cc(-c3ccc4c(N5CCOC6CC65)nc(OC)nc4c3F)c12.FC1CC2CCCN2C1. The zero-order valence-electron chi connectivity index (χ0n) is 23.7. The molecule has 4 heterocycles. The van der Waals surface area contributed by atoms with Crippen LogP contribution < -0.4 is 9.64 Å². The predicted molar refractivity (Wildman–Crippen MR) is 158 cm³/mol. The lowest BCUT2D eigenvalue weighted by Crippen LogP contribution is -2.37. The van der Waals surface area contributed by atoms with E-state index in [1.807, 2.05) is 0 Å². The summed E-state index contributed by atoms with van der Waals surface area (Å²) in [6, 6.07) is 9.74. The molecule has 10 heteroatoms. The molecule has 3 saturated heterocycles. The number of fused-ring (bicyclic) bond motifs is 4. The molecule has 3 aromatic carbocycles. The quantitative estimate of drug-likeness (QED) is 0.313. The summed E-state index contributed by atoms with van der Waals surface area (Å²) in [5.41, 5.74) is 0.474. The first-order chi connectivity index (χ1) is 20.9. The summed E-state index contributed by atoms with van der Waals surface area (Å²) >= 11 is 0. The highest BCUT2D eigenvalue weighted by molar-refractivity contribution is 6.04. The minimum absolute atomic E-state index is 0.000969. The van der Waals surface area contributed by atoms with Crippen LogP contribution in [0.1, 0.15) is 31.2 Å². The Morgan fingerprint density at radius 3 is 2.74 bits per heavy atom. The maximum atomic E-state index is 16.1. The minimum Gasteiger partial charge on any atom is -0.508 e. The molecule has 1 aromatic heterocycles. The van der Waals surface area contributed by atoms with Crippen molar-refractivity contribution in [3.8, 4) is 35.2 Å². The summed E-state index contributed by atoms with van der Waals surface area (Å²) in [6.07, 6.45) is 9.45. The number of hydrogen-bond acceptors (Lipinski definition) is 7. The van der Waals surface area contributed by atoms with Gasteiger partial charge in [0.1, 0.15) is 29.1 Å². The number of rotatable bonds is 3. The first-order valence-electron chi connectivity index (χ1n) is 14.6. The van der Waals surface area contributed by atoms with Crippen molar-refractivity contribution in [2.24, 2.45) is 0 Å². The molecule has 7 nitrogen and oxygen atoms in total. The van der Waals surface area contributed by atoms with E-state index in [1.165, 1.54) is 44.2 Å². The van der Waals surface area contributed by atoms with Crippen LogP contribution in [0.3, 0.4) is 0 Å². The fourth-order valence-electron chi connectivity index (χ4n) is 6.85. The standard InChI is InChI=1S/C26H19F2N3O3.C7H12FN/c1-3-15-19(27)7-4-13-10-14(32)11-18(22(13)15)16-5-6-17-24(23(16)28)29-26(33-2)30-25(17)31-8-9-34-21-12-20(21)31;8-6-4-7-2-1-3-9(7)5-6/h1,4-7,10-11,20-21,32H,8-9,12H2,2H3;6-7H,1-5H2. The van der Waals surface area contributed by atoms with Crippen LogP contribution in [0.5, 0.6) is 11.8 Å². The molecule has 1 aliphatic carbocycles. The van der Waals surface area contributed by atoms with E-state index in [1.54, 1.807) is 12.1 Å². The fourth-order valence-corrected chi connectivity index (χ4v) is 6.85. The highest BCUT2D eigenvalue weighted by Gasteiger charge is 2.47. The molecule has 222 valence electrons. The fraction of sp³-hybridized carbons (Fsp3) is 0.394. The summed E-state index contributed by atoms with van der Waals surface area (Å²) in [5.74, 6) is 1.62. The smallest absolute Gasteiger partial charge is 0.318 e. The molecular formula is C33H31F3N4O3. The van der Waals surface area contributed by atoms with Crippen LogP contribution in [0.4, 0.5) is 19.0 Å². The second-order valence-corrected chi connectivity index (χ2v) is 11.5. The lowest BCUT2D eigenvalue weighted by molar-refractivity contribution is 0.103. The number of halogens is 3. The molecule has 0 spiro atoms. The summed E-state index contributed by atoms with van der Waals surface area (Å²) in [7, 11) is 1.43. The Morgan fingerprint density at radius 2 is 1.95 bits per heavy atom. The second-order valence-electron chi connectivity index (χ2n) is 11.5. The van der Waals surface area contributed by atoms with Gasteiger partial charge >= 0.3 is 6.01 Å². The molecule has 4 aliphatic rings. The lowest BCUT2D eigenvalue weighted by Gasteiger charge is -2.28. The molecule has 4 unspecified atom stereocenters. The van der Waals surface area contributed by atoms with E-state index in [0.717, 1.165) is 19.4 Å². The number of benzene rings is 3. The molecule has 4 aromatic rings. The Hall–Kier alpha value is -4.07. The van der Waals surface area contributed by atoms with Gasteiger partial charge in [0.05, 0.1) is 31.4 Å². The van der Waals surface area contributed by atoms with E-state index < -0.39 is 17.8 Å². The van der Waals surface area contributed by atoms with Crippen molar-refractivity contribution in [3.05, 3.63) is 53.6 Å². The lowest BCUT2D eigenvalue weighted by atomic mass is 9.93. The van der Waals surface area contributed by atoms with Gasteiger partial charge in [0.25, 0.3) is 0 Å². The average molecular weight is 589 g/mol. The van der Waals surface area contributed by atoms with Crippen LogP contribution in [-0.4, -0.2) is 77.7 Å². The zero-order valence-corrected chi connectivity index (χ0v) is 23.7. The topological polar surface area (TPSA) is 71.0 Å². The van der Waals surface area contributed by atoms with E-state index in [4.69, 9.17) is 15.9 Å². The Bertz CT molecular complexity index is 1760. The number of aromatic hydroxyl groups is 1. The molecule has 4 atom stereocenters. The van der Waals surface area contributed by atoms with Crippen molar-refractivity contribution in [2.45, 2.75) is 50.0 Å². The molecule has 3 aliphatic heterocycles. The third-order valence-corrected chi connectivity index (χ3v) is 8.93. The Labute approximate surface area is 247 Å². The van der Waals surface area contributed by atoms with Crippen molar-refractivity contribution in [1.82, 2.24) is 14.9 Å². The second kappa shape index (κ2) is 10.9. The van der Waals surface area contributed by atoms with E-state index >= 15 is 4.39 Å². The summed E-state index contributed by atoms with van der Waals surface area (Å²) < 4.78 is 54.2. The number of phenolic OH excluding ortho intramolecular Hbond substituents is 1. The first-order valence-corrected chi connectivity index (χ1v) is 14.6. The van der Waals surface area contributed by atoms with Gasteiger partial charge < -0.3 is 19.5 Å². The molecule has 4 fully saturated rings. The van der Waals surface area contributed by atoms with Crippen LogP contribution >= 0.6 is 0 Å². The number of morpholine rings is 1. The third kappa shape index (κ3) is 4.90. The summed E-state index contributed by atoms with van der Waals surface area (Å²) in [4.78, 5) is 13.2. The van der Waals surface area contributed by atoms with Crippen LogP contribution in [0.25, 0.3) is 32.8 Å². The Balaban J connectivity index is 0.000000283. The monoisotopic (exact) mass is 588 g/mol. The summed E-state index contributed by atoms with van der Waals surface area (Å²) in [6.45, 7) is 3.04. The number of ether oxygens (including phenoxy) is 2. The van der Waals surface area contributed by atoms with Crippen LogP contribution in [-0.2, 0) is 4.74 Å². The molecule has 43 heavy (non-hydrogen) atoms. The van der Waals surface area contributed by atoms with Crippen molar-refractivity contribution >= 4 is 27.5 Å². The van der Waals surface area contributed by atoms with Crippen molar-refractivity contribution in [1.29, 1.82) is 0 Å². The zero-order chi connectivity index (χ0) is 29.8. The third-order valence-electron chi connectivity index (χ3n) is 8.93. The molecular weight excluding hydrogens is 557 g/mol. The van der Waals surface area contributed by atoms with Gasteiger partial charge in [0, 0.05) is 35.5 Å². The van der Waals surface area contributed by atoms with Gasteiger partial charge in [0.15, 0.2) is 5.82 Å². The van der Waals surface area contributed by atoms with Crippen LogP contribution in [0, 0.1) is 24.0 Å². The number of methoxy groups -OCH3 is 1. The van der Waals surface area contributed by atoms with Gasteiger partial charge in [-0.05, 0) is 67.4 Å². The highest BCUT2D eigenvalue weighted by Crippen LogP contribution is 2.43. The normalized spacial score (nSPS) is 24.3.